The average molecular weight is 582 g/mol. The molecule has 1 amide bonds. The fraction of sp³-hybridized carbons (Fsp3) is 0.296. The first-order valence-corrected chi connectivity index (χ1v) is 13.9. The summed E-state index contributed by atoms with van der Waals surface area (Å²) in [5.74, 6) is 0.437. The van der Waals surface area contributed by atoms with Crippen LogP contribution in [-0.4, -0.2) is 59.2 Å². The number of nitrogens with one attached hydrogen (secondary N) is 2. The Morgan fingerprint density at radius 1 is 1.31 bits per heavy atom. The number of rotatable bonds is 14. The summed E-state index contributed by atoms with van der Waals surface area (Å²) in [6, 6.07) is 1.51. The summed E-state index contributed by atoms with van der Waals surface area (Å²) in [7, 11) is 1.90. The van der Waals surface area contributed by atoms with E-state index in [0.29, 0.717) is 24.2 Å². The Morgan fingerprint density at radius 2 is 2.03 bits per heavy atom. The first kappa shape index (κ1) is 32.0. The van der Waals surface area contributed by atoms with Crippen LogP contribution in [0.3, 0.4) is 0 Å². The Morgan fingerprint density at radius 3 is 2.59 bits per heavy atom. The van der Waals surface area contributed by atoms with E-state index in [1.165, 1.54) is 35.8 Å². The minimum absolute atomic E-state index is 0.0542. The largest absolute Gasteiger partial charge is 0.417 e. The van der Waals surface area contributed by atoms with Crippen molar-refractivity contribution in [1.29, 1.82) is 0 Å². The normalized spacial score (nSPS) is 12.2. The molecule has 2 N–H and O–H groups in total. The standard InChI is InChI=1S/C27H31F4N5OS2/c1-7-22-23(18(3)34-21(14-28)10-12-36(5)16-38-6)13-20(35-25(22)17(2)27(29,30)31)9-8-11-32-26(37)24-15-33-19(4)39-24/h7-9,13-15,34H,1-3,10-12,16H2,4-6H3,(H,32,37)/b9-8+,21-14-. The molecule has 0 bridgehead atoms. The van der Waals surface area contributed by atoms with Crippen LogP contribution < -0.4 is 10.6 Å². The molecule has 0 aliphatic heterocycles. The van der Waals surface area contributed by atoms with Crippen molar-refractivity contribution in [3.8, 4) is 0 Å². The zero-order chi connectivity index (χ0) is 29.2. The van der Waals surface area contributed by atoms with Gasteiger partial charge in [0.1, 0.15) is 11.2 Å². The number of halogens is 4. The molecule has 2 aromatic heterocycles. The van der Waals surface area contributed by atoms with Crippen molar-refractivity contribution in [2.75, 3.05) is 32.3 Å². The predicted molar refractivity (Wildman–Crippen MR) is 155 cm³/mol. The molecule has 0 spiro atoms. The number of hydrogen-bond acceptors (Lipinski definition) is 7. The van der Waals surface area contributed by atoms with Gasteiger partial charge in [0.15, 0.2) is 0 Å². The maximum absolute atomic E-state index is 13.7. The van der Waals surface area contributed by atoms with Crippen molar-refractivity contribution >= 4 is 52.4 Å². The van der Waals surface area contributed by atoms with E-state index in [1.807, 2.05) is 18.2 Å². The number of aryl methyl sites for hydroxylation is 1. The van der Waals surface area contributed by atoms with Crippen molar-refractivity contribution in [3.05, 3.63) is 82.5 Å². The van der Waals surface area contributed by atoms with Crippen molar-refractivity contribution in [1.82, 2.24) is 25.5 Å². The maximum atomic E-state index is 13.7. The van der Waals surface area contributed by atoms with Crippen LogP contribution in [0.15, 0.2) is 50.1 Å². The molecule has 0 saturated heterocycles. The molecule has 39 heavy (non-hydrogen) atoms. The summed E-state index contributed by atoms with van der Waals surface area (Å²) >= 11 is 2.87. The van der Waals surface area contributed by atoms with Gasteiger partial charge in [-0.3, -0.25) is 9.69 Å². The summed E-state index contributed by atoms with van der Waals surface area (Å²) in [4.78, 5) is 22.8. The first-order chi connectivity index (χ1) is 18.4. The molecule has 12 heteroatoms. The third-order valence-electron chi connectivity index (χ3n) is 5.31. The molecule has 0 aromatic carbocycles. The van der Waals surface area contributed by atoms with Crippen molar-refractivity contribution in [2.45, 2.75) is 19.5 Å². The number of thiazole rings is 1. The van der Waals surface area contributed by atoms with E-state index in [1.54, 1.807) is 24.8 Å². The molecular weight excluding hydrogens is 550 g/mol. The van der Waals surface area contributed by atoms with Crippen LogP contribution in [-0.2, 0) is 0 Å². The minimum atomic E-state index is -4.74. The van der Waals surface area contributed by atoms with E-state index >= 15 is 0 Å². The molecule has 210 valence electrons. The van der Waals surface area contributed by atoms with Crippen LogP contribution >= 0.6 is 23.1 Å². The van der Waals surface area contributed by atoms with Gasteiger partial charge in [0.05, 0.1) is 28.2 Å². The third kappa shape index (κ3) is 9.48. The Balaban J connectivity index is 2.34. The van der Waals surface area contributed by atoms with Gasteiger partial charge in [-0.25, -0.2) is 14.4 Å². The van der Waals surface area contributed by atoms with Gasteiger partial charge in [-0.2, -0.15) is 13.2 Å². The first-order valence-electron chi connectivity index (χ1n) is 11.6. The SMILES string of the molecule is C=Cc1c(C(=C)N/C(=C\F)CCN(C)CSC)cc(/C=C/CNC(=O)c2cnc(C)s2)nc1C(=C)C(F)(F)F. The lowest BCUT2D eigenvalue weighted by molar-refractivity contribution is -0.0689. The number of thioether (sulfide) groups is 1. The van der Waals surface area contributed by atoms with Crippen molar-refractivity contribution in [2.24, 2.45) is 0 Å². The average Bonchev–Trinajstić information content (AvgIpc) is 3.33. The molecule has 0 radical (unpaired) electrons. The molecule has 0 aliphatic rings. The number of allylic oxidation sites excluding steroid dienone is 1. The van der Waals surface area contributed by atoms with Gasteiger partial charge in [-0.1, -0.05) is 31.9 Å². The van der Waals surface area contributed by atoms with Crippen LogP contribution in [0.4, 0.5) is 17.6 Å². The van der Waals surface area contributed by atoms with Crippen LogP contribution in [0.25, 0.3) is 23.4 Å². The van der Waals surface area contributed by atoms with E-state index in [2.05, 4.69) is 40.3 Å². The lowest BCUT2D eigenvalue weighted by atomic mass is 9.98. The molecule has 0 fully saturated rings. The van der Waals surface area contributed by atoms with Gasteiger partial charge in [-0.15, -0.1) is 23.1 Å². The third-order valence-corrected chi connectivity index (χ3v) is 6.92. The Bertz CT molecular complexity index is 1270. The van der Waals surface area contributed by atoms with Crippen LogP contribution in [0.5, 0.6) is 0 Å². The number of carbonyl (C=O) groups is 1. The molecule has 2 aromatic rings. The lowest BCUT2D eigenvalue weighted by Crippen LogP contribution is -2.22. The topological polar surface area (TPSA) is 70.2 Å². The second-order valence-corrected chi connectivity index (χ2v) is 10.4. The van der Waals surface area contributed by atoms with E-state index in [9.17, 15) is 22.4 Å². The molecule has 2 heterocycles. The summed E-state index contributed by atoms with van der Waals surface area (Å²) in [6.45, 7) is 13.2. The van der Waals surface area contributed by atoms with Gasteiger partial charge in [0, 0.05) is 47.9 Å². The van der Waals surface area contributed by atoms with Crippen molar-refractivity contribution in [3.63, 3.8) is 0 Å². The number of pyridine rings is 1. The number of nitrogens with zero attached hydrogens (tertiary/aromatic N) is 3. The Kier molecular flexibility index (Phi) is 12.1. The number of amides is 1. The molecule has 0 saturated carbocycles. The van der Waals surface area contributed by atoms with E-state index in [0.717, 1.165) is 10.9 Å². The van der Waals surface area contributed by atoms with Gasteiger partial charge >= 0.3 is 6.18 Å². The molecular formula is C27H31F4N5OS2. The van der Waals surface area contributed by atoms with Crippen LogP contribution in [0, 0.1) is 6.92 Å². The van der Waals surface area contributed by atoms with E-state index in [-0.39, 0.29) is 40.7 Å². The zero-order valence-corrected chi connectivity index (χ0v) is 23.6. The second kappa shape index (κ2) is 14.8. The smallest absolute Gasteiger partial charge is 0.357 e. The zero-order valence-electron chi connectivity index (χ0n) is 22.0. The van der Waals surface area contributed by atoms with Gasteiger partial charge in [0.2, 0.25) is 0 Å². The highest BCUT2D eigenvalue weighted by atomic mass is 32.2. The number of carbonyl (C=O) groups excluding carboxylic acids is 1. The molecule has 0 atom stereocenters. The summed E-state index contributed by atoms with van der Waals surface area (Å²) < 4.78 is 54.5. The van der Waals surface area contributed by atoms with E-state index in [4.69, 9.17) is 0 Å². The van der Waals surface area contributed by atoms with Crippen LogP contribution in [0.2, 0.25) is 0 Å². The Hall–Kier alpha value is -3.22. The highest BCUT2D eigenvalue weighted by Crippen LogP contribution is 2.36. The molecule has 2 rings (SSSR count). The Labute approximate surface area is 234 Å². The summed E-state index contributed by atoms with van der Waals surface area (Å²) in [6.07, 6.45) is 3.68. The monoisotopic (exact) mass is 581 g/mol. The molecule has 0 aliphatic carbocycles. The second-order valence-electron chi connectivity index (χ2n) is 8.38. The van der Waals surface area contributed by atoms with Gasteiger partial charge < -0.3 is 10.6 Å². The van der Waals surface area contributed by atoms with Crippen LogP contribution in [0.1, 0.15) is 43.6 Å². The summed E-state index contributed by atoms with van der Waals surface area (Å²) in [5.41, 5.74) is -0.729. The van der Waals surface area contributed by atoms with Gasteiger partial charge in [-0.05, 0) is 32.4 Å². The highest BCUT2D eigenvalue weighted by molar-refractivity contribution is 7.98. The highest BCUT2D eigenvalue weighted by Gasteiger charge is 2.35. The fourth-order valence-corrected chi connectivity index (χ4v) is 4.63. The molecule has 0 unspecified atom stereocenters. The maximum Gasteiger partial charge on any atom is 0.417 e. The minimum Gasteiger partial charge on any atom is -0.357 e. The van der Waals surface area contributed by atoms with Gasteiger partial charge in [0.25, 0.3) is 5.91 Å². The predicted octanol–water partition coefficient (Wildman–Crippen LogP) is 6.52. The molecule has 6 nitrogen and oxygen atoms in total. The van der Waals surface area contributed by atoms with Crippen molar-refractivity contribution < 1.29 is 22.4 Å². The summed E-state index contributed by atoms with van der Waals surface area (Å²) in [5, 5.41) is 6.31. The number of hydrogen-bond donors (Lipinski definition) is 2. The van der Waals surface area contributed by atoms with E-state index < -0.39 is 17.4 Å². The fourth-order valence-electron chi connectivity index (χ4n) is 3.37. The quantitative estimate of drug-likeness (QED) is 0.196. The number of aromatic nitrogens is 2. The number of alkyl halides is 3. The lowest BCUT2D eigenvalue weighted by Gasteiger charge is -2.20.